The molecular formula is C38H44N8O9. The fourth-order valence-electron chi connectivity index (χ4n) is 6.64. The second-order valence-corrected chi connectivity index (χ2v) is 13.1. The summed E-state index contributed by atoms with van der Waals surface area (Å²) in [7, 11) is 2.38. The SMILES string of the molecule is CCCN(Cc1ncc(-c2ccc(-c3cc4cc(-c5cnc([C@@H]6CCCN6C(=O)[C@H](CO)NC(=O)OC)[nH]5)ccc4o3)cc2)[nH]1)C(=O)[C@H](CO)NC(=O)OC. The number of rotatable bonds is 14. The number of benzene rings is 2. The van der Waals surface area contributed by atoms with Gasteiger partial charge in [-0.25, -0.2) is 19.6 Å². The van der Waals surface area contributed by atoms with Crippen LogP contribution in [0.2, 0.25) is 0 Å². The van der Waals surface area contributed by atoms with Crippen LogP contribution < -0.4 is 10.6 Å². The number of aromatic amines is 2. The molecule has 55 heavy (non-hydrogen) atoms. The molecule has 290 valence electrons. The Balaban J connectivity index is 1.13. The standard InChI is InChI=1S/C38H44N8O9/c1-4-13-45(35(49)28(20-47)43-37(51)53-2)19-33-39-17-26(41-33)22-7-9-23(10-8-22)32-16-25-15-24(11-12-31(25)55-32)27-18-40-34(42-27)30-6-5-14-46(30)36(50)29(21-48)44-38(52)54-3/h7-12,15-18,28-30,47-48H,4-6,13-14,19-21H2,1-3H3,(H,39,41)(H,40,42)(H,43,51)(H,44,52)/t28-,29-,30-/m0/s1. The second kappa shape index (κ2) is 17.3. The van der Waals surface area contributed by atoms with Crippen molar-refractivity contribution in [2.24, 2.45) is 0 Å². The van der Waals surface area contributed by atoms with Crippen molar-refractivity contribution in [2.45, 2.75) is 50.9 Å². The number of nitrogens with one attached hydrogen (secondary N) is 4. The number of aromatic nitrogens is 4. The first-order valence-corrected chi connectivity index (χ1v) is 17.9. The van der Waals surface area contributed by atoms with Crippen molar-refractivity contribution < 1.29 is 43.3 Å². The van der Waals surface area contributed by atoms with Gasteiger partial charge in [-0.1, -0.05) is 31.2 Å². The first kappa shape index (κ1) is 38.5. The molecule has 4 amide bonds. The summed E-state index contributed by atoms with van der Waals surface area (Å²) in [6.07, 6.45) is 3.91. The highest BCUT2D eigenvalue weighted by Gasteiger charge is 2.36. The van der Waals surface area contributed by atoms with E-state index in [0.717, 1.165) is 39.9 Å². The van der Waals surface area contributed by atoms with E-state index in [2.05, 4.69) is 40.0 Å². The van der Waals surface area contributed by atoms with Crippen LogP contribution in [0.3, 0.4) is 0 Å². The molecule has 1 fully saturated rings. The number of carbonyl (C=O) groups is 4. The number of ether oxygens (including phenoxy) is 2. The molecule has 0 aliphatic carbocycles. The largest absolute Gasteiger partial charge is 0.456 e. The summed E-state index contributed by atoms with van der Waals surface area (Å²) in [4.78, 5) is 68.4. The van der Waals surface area contributed by atoms with Gasteiger partial charge in [-0.15, -0.1) is 0 Å². The number of nitrogens with zero attached hydrogens (tertiary/aromatic N) is 4. The number of imidazole rings is 2. The van der Waals surface area contributed by atoms with Crippen LogP contribution in [0, 0.1) is 0 Å². The van der Waals surface area contributed by atoms with E-state index >= 15 is 0 Å². The molecule has 0 spiro atoms. The minimum absolute atomic E-state index is 0.158. The Morgan fingerprint density at radius 3 is 2.25 bits per heavy atom. The highest BCUT2D eigenvalue weighted by molar-refractivity contribution is 5.88. The molecule has 0 radical (unpaired) electrons. The van der Waals surface area contributed by atoms with Crippen molar-refractivity contribution in [3.8, 4) is 33.8 Å². The van der Waals surface area contributed by atoms with Crippen LogP contribution >= 0.6 is 0 Å². The average molecular weight is 757 g/mol. The topological polar surface area (TPSA) is 228 Å². The van der Waals surface area contributed by atoms with Crippen molar-refractivity contribution in [3.05, 3.63) is 72.6 Å². The molecule has 6 N–H and O–H groups in total. The fourth-order valence-corrected chi connectivity index (χ4v) is 6.64. The molecule has 1 aliphatic rings. The summed E-state index contributed by atoms with van der Waals surface area (Å²) in [6, 6.07) is 13.0. The number of hydrogen-bond donors (Lipinski definition) is 6. The van der Waals surface area contributed by atoms with E-state index in [-0.39, 0.29) is 12.6 Å². The lowest BCUT2D eigenvalue weighted by Gasteiger charge is -2.27. The monoisotopic (exact) mass is 756 g/mol. The molecule has 17 heteroatoms. The molecule has 3 atom stereocenters. The first-order chi connectivity index (χ1) is 26.7. The van der Waals surface area contributed by atoms with Crippen molar-refractivity contribution >= 4 is 35.0 Å². The van der Waals surface area contributed by atoms with Crippen LogP contribution in [0.4, 0.5) is 9.59 Å². The number of H-pyrrole nitrogens is 2. The first-order valence-electron chi connectivity index (χ1n) is 17.9. The molecule has 1 aliphatic heterocycles. The highest BCUT2D eigenvalue weighted by atomic mass is 16.5. The molecule has 2 aromatic carbocycles. The van der Waals surface area contributed by atoms with Gasteiger partial charge in [-0.05, 0) is 49.1 Å². The maximum absolute atomic E-state index is 13.2. The smallest absolute Gasteiger partial charge is 0.407 e. The number of aliphatic hydroxyl groups excluding tert-OH is 2. The summed E-state index contributed by atoms with van der Waals surface area (Å²) in [5.74, 6) is 0.990. The molecule has 1 saturated heterocycles. The zero-order chi connectivity index (χ0) is 39.1. The number of fused-ring (bicyclic) bond motifs is 1. The van der Waals surface area contributed by atoms with Gasteiger partial charge >= 0.3 is 12.2 Å². The number of aliphatic hydroxyl groups is 2. The molecule has 4 heterocycles. The van der Waals surface area contributed by atoms with Gasteiger partial charge in [-0.3, -0.25) is 9.59 Å². The zero-order valence-corrected chi connectivity index (χ0v) is 30.7. The van der Waals surface area contributed by atoms with Crippen LogP contribution in [0.15, 0.2) is 65.3 Å². The maximum Gasteiger partial charge on any atom is 0.407 e. The van der Waals surface area contributed by atoms with Crippen molar-refractivity contribution in [3.63, 3.8) is 0 Å². The quantitative estimate of drug-likeness (QED) is 0.0957. The fraction of sp³-hybridized carbons (Fsp3) is 0.368. The number of alkyl carbamates (subject to hydrolysis) is 2. The van der Waals surface area contributed by atoms with Crippen LogP contribution in [0.1, 0.15) is 43.9 Å². The van der Waals surface area contributed by atoms with Crippen molar-refractivity contribution in [1.29, 1.82) is 0 Å². The van der Waals surface area contributed by atoms with E-state index in [1.807, 2.05) is 55.5 Å². The van der Waals surface area contributed by atoms with Gasteiger partial charge in [-0.2, -0.15) is 0 Å². The lowest BCUT2D eigenvalue weighted by molar-refractivity contribution is -0.136. The molecule has 6 rings (SSSR count). The second-order valence-electron chi connectivity index (χ2n) is 13.1. The molecule has 5 aromatic rings. The zero-order valence-electron chi connectivity index (χ0n) is 30.7. The Labute approximate surface area is 316 Å². The minimum atomic E-state index is -1.14. The number of likely N-dealkylation sites (tertiary alicyclic amines) is 1. The van der Waals surface area contributed by atoms with Gasteiger partial charge in [0.25, 0.3) is 0 Å². The Bertz CT molecular complexity index is 2120. The molecule has 0 saturated carbocycles. The average Bonchev–Trinajstić information content (AvgIpc) is 4.04. The van der Waals surface area contributed by atoms with Crippen LogP contribution in [-0.2, 0) is 25.6 Å². The highest BCUT2D eigenvalue weighted by Crippen LogP contribution is 2.34. The van der Waals surface area contributed by atoms with Gasteiger partial charge in [0.2, 0.25) is 11.8 Å². The molecule has 17 nitrogen and oxygen atoms in total. The molecular weight excluding hydrogens is 712 g/mol. The van der Waals surface area contributed by atoms with Gasteiger partial charge < -0.3 is 54.5 Å². The lowest BCUT2D eigenvalue weighted by atomic mass is 10.1. The Hall–Kier alpha value is -6.20. The van der Waals surface area contributed by atoms with Gasteiger partial charge in [0, 0.05) is 29.6 Å². The predicted molar refractivity (Wildman–Crippen MR) is 199 cm³/mol. The third-order valence-corrected chi connectivity index (χ3v) is 9.45. The number of hydrogen-bond acceptors (Lipinski definition) is 11. The van der Waals surface area contributed by atoms with Gasteiger partial charge in [0.15, 0.2) is 0 Å². The summed E-state index contributed by atoms with van der Waals surface area (Å²) < 4.78 is 15.4. The molecule has 0 bridgehead atoms. The van der Waals surface area contributed by atoms with Gasteiger partial charge in [0.05, 0.1) is 63.8 Å². The van der Waals surface area contributed by atoms with Crippen molar-refractivity contribution in [1.82, 2.24) is 40.4 Å². The van der Waals surface area contributed by atoms with Gasteiger partial charge in [0.1, 0.15) is 35.1 Å². The van der Waals surface area contributed by atoms with E-state index in [0.29, 0.717) is 48.9 Å². The van der Waals surface area contributed by atoms with E-state index in [1.165, 1.54) is 19.1 Å². The van der Waals surface area contributed by atoms with Crippen molar-refractivity contribution in [2.75, 3.05) is 40.5 Å². The van der Waals surface area contributed by atoms with Crippen LogP contribution in [-0.4, -0.2) is 117 Å². The number of methoxy groups -OCH3 is 2. The minimum Gasteiger partial charge on any atom is -0.456 e. The molecule has 0 unspecified atom stereocenters. The lowest BCUT2D eigenvalue weighted by Crippen LogP contribution is -2.50. The predicted octanol–water partition coefficient (Wildman–Crippen LogP) is 3.72. The number of amides is 4. The third kappa shape index (κ3) is 8.63. The van der Waals surface area contributed by atoms with Crippen LogP contribution in [0.25, 0.3) is 44.8 Å². The summed E-state index contributed by atoms with van der Waals surface area (Å²) >= 11 is 0. The normalized spacial score (nSPS) is 15.1. The Kier molecular flexibility index (Phi) is 12.1. The number of furan rings is 1. The van der Waals surface area contributed by atoms with E-state index in [9.17, 15) is 29.4 Å². The van der Waals surface area contributed by atoms with E-state index < -0.39 is 49.3 Å². The Morgan fingerprint density at radius 2 is 1.56 bits per heavy atom. The van der Waals surface area contributed by atoms with Crippen LogP contribution in [0.5, 0.6) is 0 Å². The third-order valence-electron chi connectivity index (χ3n) is 9.45. The molecule has 3 aromatic heterocycles. The van der Waals surface area contributed by atoms with E-state index in [4.69, 9.17) is 4.42 Å². The maximum atomic E-state index is 13.2. The summed E-state index contributed by atoms with van der Waals surface area (Å²) in [6.45, 7) is 1.83. The van der Waals surface area contributed by atoms with E-state index in [1.54, 1.807) is 17.3 Å². The number of carbonyl (C=O) groups excluding carboxylic acids is 4. The summed E-state index contributed by atoms with van der Waals surface area (Å²) in [5, 5.41) is 25.1. The summed E-state index contributed by atoms with van der Waals surface area (Å²) in [5.41, 5.74) is 4.85. The Morgan fingerprint density at radius 1 is 0.909 bits per heavy atom.